The van der Waals surface area contributed by atoms with Gasteiger partial charge in [0.05, 0.1) is 11.6 Å². The van der Waals surface area contributed by atoms with Gasteiger partial charge in [-0.2, -0.15) is 0 Å². The minimum Gasteiger partial charge on any atom is -0.445 e. The Balaban J connectivity index is 1.90. The Kier molecular flexibility index (Phi) is 5.57. The van der Waals surface area contributed by atoms with Gasteiger partial charge in [0.1, 0.15) is 6.61 Å². The van der Waals surface area contributed by atoms with Crippen molar-refractivity contribution in [2.45, 2.75) is 50.0 Å². The number of amides is 2. The molecule has 0 spiro atoms. The SMILES string of the molecule is NC(=O)C(O)C(CC1(O)CCC1)NC(=O)OCc1ccccc1. The molecule has 1 fully saturated rings. The van der Waals surface area contributed by atoms with Gasteiger partial charge in [0.25, 0.3) is 0 Å². The molecule has 0 aliphatic heterocycles. The van der Waals surface area contributed by atoms with Gasteiger partial charge < -0.3 is 26.0 Å². The van der Waals surface area contributed by atoms with Crippen molar-refractivity contribution in [1.82, 2.24) is 5.32 Å². The predicted molar refractivity (Wildman–Crippen MR) is 82.2 cm³/mol. The highest BCUT2D eigenvalue weighted by Crippen LogP contribution is 2.36. The number of carbonyl (C=O) groups excluding carboxylic acids is 2. The van der Waals surface area contributed by atoms with Gasteiger partial charge in [-0.05, 0) is 31.2 Å². The molecule has 1 aliphatic rings. The van der Waals surface area contributed by atoms with E-state index in [1.54, 1.807) is 12.1 Å². The normalized spacial score (nSPS) is 18.3. The molecule has 2 atom stereocenters. The number of hydrogen-bond donors (Lipinski definition) is 4. The van der Waals surface area contributed by atoms with Gasteiger partial charge in [0, 0.05) is 0 Å². The third-order valence-electron chi connectivity index (χ3n) is 4.07. The first-order chi connectivity index (χ1) is 10.9. The molecule has 0 heterocycles. The predicted octanol–water partition coefficient (Wildman–Crippen LogP) is 0.433. The molecular formula is C16H22N2O5. The Morgan fingerprint density at radius 1 is 1.30 bits per heavy atom. The van der Waals surface area contributed by atoms with Gasteiger partial charge in [-0.3, -0.25) is 4.79 Å². The number of nitrogens with two attached hydrogens (primary N) is 1. The van der Waals surface area contributed by atoms with Crippen LogP contribution in [-0.2, 0) is 16.1 Å². The molecule has 0 radical (unpaired) electrons. The van der Waals surface area contributed by atoms with Crippen molar-refractivity contribution in [1.29, 1.82) is 0 Å². The molecule has 0 saturated heterocycles. The molecule has 2 unspecified atom stereocenters. The third-order valence-corrected chi connectivity index (χ3v) is 4.07. The summed E-state index contributed by atoms with van der Waals surface area (Å²) in [6, 6.07) is 8.12. The van der Waals surface area contributed by atoms with E-state index in [4.69, 9.17) is 10.5 Å². The maximum Gasteiger partial charge on any atom is 0.407 e. The fourth-order valence-electron chi connectivity index (χ4n) is 2.55. The van der Waals surface area contributed by atoms with Crippen LogP contribution in [0.25, 0.3) is 0 Å². The number of rotatable bonds is 7. The number of benzene rings is 1. The minimum atomic E-state index is -1.58. The van der Waals surface area contributed by atoms with E-state index in [1.165, 1.54) is 0 Å². The first kappa shape index (κ1) is 17.2. The van der Waals surface area contributed by atoms with Gasteiger partial charge in [0.2, 0.25) is 5.91 Å². The zero-order chi connectivity index (χ0) is 16.9. The molecule has 1 aliphatic carbocycles. The summed E-state index contributed by atoms with van der Waals surface area (Å²) in [5, 5.41) is 22.4. The monoisotopic (exact) mass is 322 g/mol. The van der Waals surface area contributed by atoms with Crippen LogP contribution in [0.15, 0.2) is 30.3 Å². The van der Waals surface area contributed by atoms with E-state index in [-0.39, 0.29) is 13.0 Å². The summed E-state index contributed by atoms with van der Waals surface area (Å²) < 4.78 is 5.06. The van der Waals surface area contributed by atoms with Gasteiger partial charge in [-0.15, -0.1) is 0 Å². The highest BCUT2D eigenvalue weighted by molar-refractivity contribution is 5.80. The average molecular weight is 322 g/mol. The van der Waals surface area contributed by atoms with Crippen molar-refractivity contribution in [3.8, 4) is 0 Å². The highest BCUT2D eigenvalue weighted by atomic mass is 16.5. The molecular weight excluding hydrogens is 300 g/mol. The number of aliphatic hydroxyl groups is 2. The summed E-state index contributed by atoms with van der Waals surface area (Å²) in [6.07, 6.45) is -0.303. The van der Waals surface area contributed by atoms with Crippen molar-refractivity contribution in [3.63, 3.8) is 0 Å². The minimum absolute atomic E-state index is 0.0531. The molecule has 1 aromatic carbocycles. The maximum absolute atomic E-state index is 11.9. The van der Waals surface area contributed by atoms with Gasteiger partial charge in [0.15, 0.2) is 6.10 Å². The molecule has 0 bridgehead atoms. The Hall–Kier alpha value is -2.12. The van der Waals surface area contributed by atoms with Crippen LogP contribution in [-0.4, -0.2) is 40.0 Å². The van der Waals surface area contributed by atoms with Crippen LogP contribution >= 0.6 is 0 Å². The highest BCUT2D eigenvalue weighted by Gasteiger charge is 2.40. The number of ether oxygens (including phenoxy) is 1. The molecule has 1 aromatic rings. The summed E-state index contributed by atoms with van der Waals surface area (Å²) in [7, 11) is 0. The second-order valence-corrected chi connectivity index (χ2v) is 5.94. The van der Waals surface area contributed by atoms with Crippen molar-refractivity contribution < 1.29 is 24.5 Å². The standard InChI is InChI=1S/C16H22N2O5/c17-14(20)13(19)12(9-16(22)7-4-8-16)18-15(21)23-10-11-5-2-1-3-6-11/h1-3,5-6,12-13,19,22H,4,7-10H2,(H2,17,20)(H,18,21). The molecule has 1 saturated carbocycles. The van der Waals surface area contributed by atoms with Crippen LogP contribution in [0, 0.1) is 0 Å². The number of alkyl carbamates (subject to hydrolysis) is 1. The van der Waals surface area contributed by atoms with Crippen LogP contribution in [0.3, 0.4) is 0 Å². The summed E-state index contributed by atoms with van der Waals surface area (Å²) in [4.78, 5) is 23.1. The Bertz CT molecular complexity index is 545. The lowest BCUT2D eigenvalue weighted by Gasteiger charge is -2.39. The van der Waals surface area contributed by atoms with Crippen LogP contribution < -0.4 is 11.1 Å². The fraction of sp³-hybridized carbons (Fsp3) is 0.500. The fourth-order valence-corrected chi connectivity index (χ4v) is 2.55. The Morgan fingerprint density at radius 3 is 2.48 bits per heavy atom. The number of carbonyl (C=O) groups is 2. The first-order valence-electron chi connectivity index (χ1n) is 7.57. The lowest BCUT2D eigenvalue weighted by molar-refractivity contribution is -0.129. The molecule has 7 heteroatoms. The molecule has 0 aromatic heterocycles. The average Bonchev–Trinajstić information content (AvgIpc) is 2.51. The van der Waals surface area contributed by atoms with Crippen LogP contribution in [0.5, 0.6) is 0 Å². The quantitative estimate of drug-likeness (QED) is 0.580. The molecule has 2 amide bonds. The summed E-state index contributed by atoms with van der Waals surface area (Å²) in [5.74, 6) is -0.957. The van der Waals surface area contributed by atoms with Crippen molar-refractivity contribution in [2.75, 3.05) is 0 Å². The summed E-state index contributed by atoms with van der Waals surface area (Å²) in [6.45, 7) is 0.0658. The van der Waals surface area contributed by atoms with E-state index in [1.807, 2.05) is 18.2 Å². The van der Waals surface area contributed by atoms with E-state index in [0.29, 0.717) is 12.8 Å². The number of aliphatic hydroxyl groups excluding tert-OH is 1. The second kappa shape index (κ2) is 7.43. The molecule has 23 heavy (non-hydrogen) atoms. The Labute approximate surface area is 134 Å². The zero-order valence-corrected chi connectivity index (χ0v) is 12.8. The number of hydrogen-bond acceptors (Lipinski definition) is 5. The number of primary amides is 1. The van der Waals surface area contributed by atoms with Gasteiger partial charge >= 0.3 is 6.09 Å². The lowest BCUT2D eigenvalue weighted by atomic mass is 9.75. The zero-order valence-electron chi connectivity index (χ0n) is 12.8. The topological polar surface area (TPSA) is 122 Å². The maximum atomic E-state index is 11.9. The molecule has 2 rings (SSSR count). The van der Waals surface area contributed by atoms with E-state index in [0.717, 1.165) is 12.0 Å². The summed E-state index contributed by atoms with van der Waals surface area (Å²) >= 11 is 0. The smallest absolute Gasteiger partial charge is 0.407 e. The van der Waals surface area contributed by atoms with E-state index in [2.05, 4.69) is 5.32 Å². The van der Waals surface area contributed by atoms with Crippen molar-refractivity contribution in [2.24, 2.45) is 5.73 Å². The van der Waals surface area contributed by atoms with Gasteiger partial charge in [-0.1, -0.05) is 30.3 Å². The van der Waals surface area contributed by atoms with Crippen molar-refractivity contribution in [3.05, 3.63) is 35.9 Å². The first-order valence-corrected chi connectivity index (χ1v) is 7.57. The molecule has 7 nitrogen and oxygen atoms in total. The van der Waals surface area contributed by atoms with Crippen molar-refractivity contribution >= 4 is 12.0 Å². The third kappa shape index (κ3) is 4.94. The van der Waals surface area contributed by atoms with E-state index >= 15 is 0 Å². The van der Waals surface area contributed by atoms with Gasteiger partial charge in [-0.25, -0.2) is 4.79 Å². The Morgan fingerprint density at radius 2 is 1.96 bits per heavy atom. The summed E-state index contributed by atoms with van der Waals surface area (Å²) in [5.41, 5.74) is 4.93. The number of nitrogens with one attached hydrogen (secondary N) is 1. The van der Waals surface area contributed by atoms with Crippen LogP contribution in [0.1, 0.15) is 31.2 Å². The molecule has 126 valence electrons. The van der Waals surface area contributed by atoms with Crippen LogP contribution in [0.2, 0.25) is 0 Å². The van der Waals surface area contributed by atoms with E-state index in [9.17, 15) is 19.8 Å². The molecule has 5 N–H and O–H groups in total. The second-order valence-electron chi connectivity index (χ2n) is 5.94. The largest absolute Gasteiger partial charge is 0.445 e. The van der Waals surface area contributed by atoms with E-state index < -0.39 is 29.7 Å². The lowest BCUT2D eigenvalue weighted by Crippen LogP contribution is -2.54. The van der Waals surface area contributed by atoms with Crippen LogP contribution in [0.4, 0.5) is 4.79 Å².